The highest BCUT2D eigenvalue weighted by atomic mass is 79.9. The van der Waals surface area contributed by atoms with Crippen LogP contribution in [0.25, 0.3) is 0 Å². The minimum absolute atomic E-state index is 0.00489. The Labute approximate surface area is 97.2 Å². The van der Waals surface area contributed by atoms with Crippen molar-refractivity contribution >= 4 is 20.6 Å². The molecule has 1 aliphatic rings. The monoisotopic (exact) mass is 269 g/mol. The first-order valence-corrected chi connectivity index (χ1v) is 5.55. The number of rotatable bonds is 2. The van der Waals surface area contributed by atoms with Crippen LogP contribution in [0.3, 0.4) is 0 Å². The fourth-order valence-corrected chi connectivity index (χ4v) is 1.87. The van der Waals surface area contributed by atoms with E-state index in [4.69, 9.17) is 9.57 Å². The fraction of sp³-hybridized carbons (Fsp3) is 0.364. The van der Waals surface area contributed by atoms with E-state index in [1.54, 1.807) is 7.11 Å². The maximum atomic E-state index is 5.34. The van der Waals surface area contributed by atoms with E-state index in [2.05, 4.69) is 28.0 Å². The Balaban J connectivity index is 2.17. The average molecular weight is 270 g/mol. The van der Waals surface area contributed by atoms with Crippen LogP contribution >= 0.6 is 15.9 Å². The molecule has 0 amide bonds. The van der Waals surface area contributed by atoms with Crippen LogP contribution in [-0.4, -0.2) is 11.7 Å². The third kappa shape index (κ3) is 2.00. The van der Waals surface area contributed by atoms with E-state index in [9.17, 15) is 0 Å². The van der Waals surface area contributed by atoms with Crippen LogP contribution < -0.4 is 4.74 Å². The second-order valence-corrected chi connectivity index (χ2v) is 4.31. The van der Waals surface area contributed by atoms with E-state index in [1.165, 1.54) is 0 Å². The predicted octanol–water partition coefficient (Wildman–Crippen LogP) is 3.11. The third-order valence-corrected chi connectivity index (χ3v) is 3.39. The molecule has 1 aromatic carbocycles. The van der Waals surface area contributed by atoms with Crippen molar-refractivity contribution in [1.29, 1.82) is 0 Å². The van der Waals surface area contributed by atoms with Gasteiger partial charge in [0.15, 0.2) is 6.10 Å². The number of oxime groups is 1. The lowest BCUT2D eigenvalue weighted by atomic mass is 9.99. The molecule has 0 bridgehead atoms. The highest BCUT2D eigenvalue weighted by Crippen LogP contribution is 2.34. The van der Waals surface area contributed by atoms with Gasteiger partial charge in [-0.3, -0.25) is 0 Å². The van der Waals surface area contributed by atoms with Gasteiger partial charge in [0.05, 0.1) is 13.0 Å². The first-order valence-electron chi connectivity index (χ1n) is 4.75. The van der Waals surface area contributed by atoms with E-state index in [-0.39, 0.29) is 12.0 Å². The molecule has 0 radical (unpaired) electrons. The molecule has 2 rings (SSSR count). The summed E-state index contributed by atoms with van der Waals surface area (Å²) in [6.45, 7) is 2.08. The SMILES string of the molecule is COc1ccc([C@H]2ON=C(Br)[C@@H]2C)cc1. The highest BCUT2D eigenvalue weighted by molar-refractivity contribution is 9.18. The van der Waals surface area contributed by atoms with Crippen LogP contribution in [0.5, 0.6) is 5.75 Å². The lowest BCUT2D eigenvalue weighted by molar-refractivity contribution is 0.0652. The summed E-state index contributed by atoms with van der Waals surface area (Å²) < 4.78 is 5.97. The van der Waals surface area contributed by atoms with E-state index in [0.717, 1.165) is 15.9 Å². The van der Waals surface area contributed by atoms with Crippen LogP contribution in [0, 0.1) is 5.92 Å². The van der Waals surface area contributed by atoms with Crippen molar-refractivity contribution in [3.8, 4) is 5.75 Å². The Morgan fingerprint density at radius 1 is 1.33 bits per heavy atom. The smallest absolute Gasteiger partial charge is 0.161 e. The van der Waals surface area contributed by atoms with E-state index >= 15 is 0 Å². The molecule has 0 aromatic heterocycles. The topological polar surface area (TPSA) is 30.8 Å². The summed E-state index contributed by atoms with van der Waals surface area (Å²) in [6, 6.07) is 7.86. The van der Waals surface area contributed by atoms with Crippen LogP contribution in [0.1, 0.15) is 18.6 Å². The molecule has 0 fully saturated rings. The maximum Gasteiger partial charge on any atom is 0.161 e. The molecule has 0 aliphatic carbocycles. The standard InChI is InChI=1S/C11H12BrNO2/c1-7-10(15-13-11(7)12)8-3-5-9(14-2)6-4-8/h3-7,10H,1-2H3/t7-,10+/m1/s1. The van der Waals surface area contributed by atoms with Crippen LogP contribution in [0.15, 0.2) is 29.4 Å². The molecule has 2 atom stereocenters. The maximum absolute atomic E-state index is 5.34. The van der Waals surface area contributed by atoms with Gasteiger partial charge in [0.25, 0.3) is 0 Å². The minimum Gasteiger partial charge on any atom is -0.497 e. The van der Waals surface area contributed by atoms with Crippen LogP contribution in [0.4, 0.5) is 0 Å². The summed E-state index contributed by atoms with van der Waals surface area (Å²) in [5.41, 5.74) is 1.11. The average Bonchev–Trinajstić information content (AvgIpc) is 2.60. The number of benzene rings is 1. The van der Waals surface area contributed by atoms with E-state index in [1.807, 2.05) is 24.3 Å². The molecule has 1 heterocycles. The van der Waals surface area contributed by atoms with E-state index in [0.29, 0.717) is 0 Å². The molecule has 0 unspecified atom stereocenters. The molecule has 80 valence electrons. The van der Waals surface area contributed by atoms with Gasteiger partial charge in [-0.15, -0.1) is 0 Å². The number of methoxy groups -OCH3 is 1. The van der Waals surface area contributed by atoms with Gasteiger partial charge in [0.2, 0.25) is 0 Å². The van der Waals surface area contributed by atoms with Crippen LogP contribution in [-0.2, 0) is 4.84 Å². The normalized spacial score (nSPS) is 24.6. The molecule has 3 nitrogen and oxygen atoms in total. The predicted molar refractivity (Wildman–Crippen MR) is 62.3 cm³/mol. The Morgan fingerprint density at radius 3 is 2.47 bits per heavy atom. The molecular formula is C11H12BrNO2. The van der Waals surface area contributed by atoms with Crippen molar-refractivity contribution in [3.05, 3.63) is 29.8 Å². The van der Waals surface area contributed by atoms with Gasteiger partial charge in [-0.2, -0.15) is 0 Å². The molecule has 0 saturated carbocycles. The van der Waals surface area contributed by atoms with Gasteiger partial charge >= 0.3 is 0 Å². The molecule has 0 N–H and O–H groups in total. The lowest BCUT2D eigenvalue weighted by Gasteiger charge is -2.13. The summed E-state index contributed by atoms with van der Waals surface area (Å²) in [5.74, 6) is 1.11. The zero-order valence-corrected chi connectivity index (χ0v) is 10.2. The Bertz CT molecular complexity index is 375. The summed E-state index contributed by atoms with van der Waals surface area (Å²) in [7, 11) is 1.66. The van der Waals surface area contributed by atoms with Crippen molar-refractivity contribution in [2.45, 2.75) is 13.0 Å². The summed E-state index contributed by atoms with van der Waals surface area (Å²) >= 11 is 3.37. The van der Waals surface area contributed by atoms with Crippen LogP contribution in [0.2, 0.25) is 0 Å². The van der Waals surface area contributed by atoms with Crippen molar-refractivity contribution in [3.63, 3.8) is 0 Å². The first kappa shape index (κ1) is 10.5. The summed E-state index contributed by atoms with van der Waals surface area (Å²) in [6.07, 6.45) is 0.00489. The minimum atomic E-state index is 0.00489. The lowest BCUT2D eigenvalue weighted by Crippen LogP contribution is -2.09. The molecule has 15 heavy (non-hydrogen) atoms. The van der Waals surface area contributed by atoms with E-state index < -0.39 is 0 Å². The molecule has 1 aromatic rings. The number of nitrogens with zero attached hydrogens (tertiary/aromatic N) is 1. The van der Waals surface area contributed by atoms with Gasteiger partial charge in [-0.25, -0.2) is 0 Å². The van der Waals surface area contributed by atoms with Crippen molar-refractivity contribution < 1.29 is 9.57 Å². The van der Waals surface area contributed by atoms with Gasteiger partial charge < -0.3 is 9.57 Å². The molecule has 0 spiro atoms. The molecule has 0 saturated heterocycles. The second-order valence-electron chi connectivity index (χ2n) is 3.50. The summed E-state index contributed by atoms with van der Waals surface area (Å²) in [5, 5.41) is 3.92. The zero-order chi connectivity index (χ0) is 10.8. The molecule has 1 aliphatic heterocycles. The van der Waals surface area contributed by atoms with Crippen molar-refractivity contribution in [1.82, 2.24) is 0 Å². The largest absolute Gasteiger partial charge is 0.497 e. The number of ether oxygens (including phenoxy) is 1. The Morgan fingerprint density at radius 2 is 2.00 bits per heavy atom. The quantitative estimate of drug-likeness (QED) is 0.826. The van der Waals surface area contributed by atoms with Gasteiger partial charge in [0.1, 0.15) is 10.4 Å². The number of halogens is 1. The highest BCUT2D eigenvalue weighted by Gasteiger charge is 2.30. The van der Waals surface area contributed by atoms with Crippen molar-refractivity contribution in [2.75, 3.05) is 7.11 Å². The Hall–Kier alpha value is -1.03. The first-order chi connectivity index (χ1) is 7.22. The Kier molecular flexibility index (Phi) is 2.95. The third-order valence-electron chi connectivity index (χ3n) is 2.53. The van der Waals surface area contributed by atoms with Crippen molar-refractivity contribution in [2.24, 2.45) is 11.1 Å². The van der Waals surface area contributed by atoms with Gasteiger partial charge in [-0.05, 0) is 33.6 Å². The number of hydrogen-bond donors (Lipinski definition) is 0. The molecule has 4 heteroatoms. The van der Waals surface area contributed by atoms with Gasteiger partial charge in [-0.1, -0.05) is 24.2 Å². The van der Waals surface area contributed by atoms with Gasteiger partial charge in [0, 0.05) is 0 Å². The molecular weight excluding hydrogens is 258 g/mol. The second kappa shape index (κ2) is 4.23. The fourth-order valence-electron chi connectivity index (χ4n) is 1.55. The summed E-state index contributed by atoms with van der Waals surface area (Å²) in [4.78, 5) is 5.34. The number of hydrogen-bond acceptors (Lipinski definition) is 3. The zero-order valence-electron chi connectivity index (χ0n) is 8.61.